The number of nitriles is 1. The third-order valence-electron chi connectivity index (χ3n) is 1.94. The van der Waals surface area contributed by atoms with Crippen molar-refractivity contribution < 1.29 is 4.79 Å². The Hall–Kier alpha value is -1.14. The lowest BCUT2D eigenvalue weighted by Gasteiger charge is -2.04. The zero-order valence-corrected chi connectivity index (χ0v) is 9.41. The molecule has 0 aromatic heterocycles. The van der Waals surface area contributed by atoms with Gasteiger partial charge in [-0.15, -0.1) is 0 Å². The molecule has 1 aromatic carbocycles. The minimum absolute atomic E-state index is 0.0230. The van der Waals surface area contributed by atoms with Crippen LogP contribution in [-0.2, 0) is 11.2 Å². The summed E-state index contributed by atoms with van der Waals surface area (Å²) < 4.78 is 0.788. The van der Waals surface area contributed by atoms with E-state index in [2.05, 4.69) is 22.0 Å². The van der Waals surface area contributed by atoms with Gasteiger partial charge in [0.05, 0.1) is 5.56 Å². The van der Waals surface area contributed by atoms with Crippen molar-refractivity contribution in [3.8, 4) is 6.07 Å². The van der Waals surface area contributed by atoms with Crippen LogP contribution in [0.4, 0.5) is 0 Å². The number of benzene rings is 1. The molecule has 3 heteroatoms. The molecule has 1 rings (SSSR count). The molecule has 0 amide bonds. The molecule has 72 valence electrons. The third kappa shape index (κ3) is 2.68. The topological polar surface area (TPSA) is 40.9 Å². The maximum atomic E-state index is 10.5. The second-order valence-electron chi connectivity index (χ2n) is 3.24. The molecule has 0 bridgehead atoms. The molecule has 0 aliphatic carbocycles. The van der Waals surface area contributed by atoms with Crippen LogP contribution in [-0.4, -0.2) is 6.29 Å². The number of carbonyl (C=O) groups is 1. The summed E-state index contributed by atoms with van der Waals surface area (Å²) in [5.74, 6) is 0.0230. The fraction of sp³-hybridized carbons (Fsp3) is 0.273. The predicted molar refractivity (Wildman–Crippen MR) is 57.8 cm³/mol. The maximum absolute atomic E-state index is 10.5. The normalized spacial score (nSPS) is 11.8. The van der Waals surface area contributed by atoms with E-state index in [0.717, 1.165) is 16.3 Å². The summed E-state index contributed by atoms with van der Waals surface area (Å²) in [6.07, 6.45) is 1.65. The molecule has 0 spiro atoms. The Labute approximate surface area is 91.7 Å². The largest absolute Gasteiger partial charge is 0.303 e. The van der Waals surface area contributed by atoms with Gasteiger partial charge >= 0.3 is 0 Å². The Kier molecular flexibility index (Phi) is 3.84. The lowest BCUT2D eigenvalue weighted by Crippen LogP contribution is -2.00. The van der Waals surface area contributed by atoms with Gasteiger partial charge in [-0.2, -0.15) is 5.26 Å². The van der Waals surface area contributed by atoms with Crippen LogP contribution in [0.15, 0.2) is 22.7 Å². The number of hydrogen-bond donors (Lipinski definition) is 0. The van der Waals surface area contributed by atoms with Crippen LogP contribution in [0.5, 0.6) is 0 Å². The van der Waals surface area contributed by atoms with E-state index in [4.69, 9.17) is 5.26 Å². The number of nitrogens with zero attached hydrogens (tertiary/aromatic N) is 1. The molecule has 0 aliphatic rings. The van der Waals surface area contributed by atoms with Gasteiger partial charge in [0.25, 0.3) is 0 Å². The highest BCUT2D eigenvalue weighted by molar-refractivity contribution is 9.10. The first kappa shape index (κ1) is 10.9. The number of hydrogen-bond acceptors (Lipinski definition) is 2. The minimum Gasteiger partial charge on any atom is -0.303 e. The van der Waals surface area contributed by atoms with Crippen molar-refractivity contribution in [2.45, 2.75) is 13.3 Å². The van der Waals surface area contributed by atoms with Gasteiger partial charge in [0, 0.05) is 10.4 Å². The molecule has 2 nitrogen and oxygen atoms in total. The summed E-state index contributed by atoms with van der Waals surface area (Å²) in [5, 5.41) is 8.70. The second-order valence-corrected chi connectivity index (χ2v) is 4.10. The fourth-order valence-corrected chi connectivity index (χ4v) is 1.71. The highest BCUT2D eigenvalue weighted by Gasteiger charge is 2.04. The highest BCUT2D eigenvalue weighted by Crippen LogP contribution is 2.19. The number of carbonyl (C=O) groups excluding carboxylic acids is 1. The molecule has 0 N–H and O–H groups in total. The fourth-order valence-electron chi connectivity index (χ4n) is 1.20. The highest BCUT2D eigenvalue weighted by atomic mass is 79.9. The van der Waals surface area contributed by atoms with Crippen LogP contribution >= 0.6 is 15.9 Å². The van der Waals surface area contributed by atoms with E-state index in [0.29, 0.717) is 12.0 Å². The van der Waals surface area contributed by atoms with Gasteiger partial charge in [0.1, 0.15) is 12.4 Å². The monoisotopic (exact) mass is 251 g/mol. The average molecular weight is 252 g/mol. The van der Waals surface area contributed by atoms with E-state index >= 15 is 0 Å². The van der Waals surface area contributed by atoms with Crippen LogP contribution in [0.2, 0.25) is 0 Å². The van der Waals surface area contributed by atoms with Crippen molar-refractivity contribution in [2.75, 3.05) is 0 Å². The van der Waals surface area contributed by atoms with Crippen molar-refractivity contribution >= 4 is 22.2 Å². The molecular formula is C11H10BrNO. The SMILES string of the molecule is CC(C=O)Cc1ccc(C#N)c(Br)c1. The summed E-state index contributed by atoms with van der Waals surface area (Å²) in [7, 11) is 0. The smallest absolute Gasteiger partial charge is 0.123 e. The van der Waals surface area contributed by atoms with E-state index in [1.807, 2.05) is 19.1 Å². The van der Waals surface area contributed by atoms with Crippen LogP contribution in [0.3, 0.4) is 0 Å². The molecule has 14 heavy (non-hydrogen) atoms. The summed E-state index contributed by atoms with van der Waals surface area (Å²) in [5.41, 5.74) is 1.68. The Morgan fingerprint density at radius 3 is 2.86 bits per heavy atom. The van der Waals surface area contributed by atoms with E-state index in [-0.39, 0.29) is 5.92 Å². The second kappa shape index (κ2) is 4.92. The number of rotatable bonds is 3. The molecule has 1 atom stereocenters. The number of aldehydes is 1. The molecule has 0 saturated heterocycles. The lowest BCUT2D eigenvalue weighted by atomic mass is 10.0. The van der Waals surface area contributed by atoms with E-state index in [9.17, 15) is 4.79 Å². The standard InChI is InChI=1S/C11H10BrNO/c1-8(7-14)4-9-2-3-10(6-13)11(12)5-9/h2-3,5,7-8H,4H2,1H3. The Bertz CT molecular complexity index is 381. The van der Waals surface area contributed by atoms with Crippen molar-refractivity contribution in [3.05, 3.63) is 33.8 Å². The summed E-state index contributed by atoms with van der Waals surface area (Å²) in [6, 6.07) is 7.60. The van der Waals surface area contributed by atoms with Crippen molar-refractivity contribution in [1.29, 1.82) is 5.26 Å². The Morgan fingerprint density at radius 1 is 1.64 bits per heavy atom. The zero-order chi connectivity index (χ0) is 10.6. The Balaban J connectivity index is 2.87. The van der Waals surface area contributed by atoms with Gasteiger partial charge in [-0.25, -0.2) is 0 Å². The molecule has 0 saturated carbocycles. The molecule has 0 fully saturated rings. The van der Waals surface area contributed by atoms with Crippen molar-refractivity contribution in [1.82, 2.24) is 0 Å². The lowest BCUT2D eigenvalue weighted by molar-refractivity contribution is -0.110. The third-order valence-corrected chi connectivity index (χ3v) is 2.60. The molecule has 1 aromatic rings. The van der Waals surface area contributed by atoms with Gasteiger partial charge in [-0.1, -0.05) is 13.0 Å². The quantitative estimate of drug-likeness (QED) is 0.776. The van der Waals surface area contributed by atoms with E-state index in [1.165, 1.54) is 0 Å². The number of halogens is 1. The molecule has 0 aliphatic heterocycles. The summed E-state index contributed by atoms with van der Waals surface area (Å²) in [4.78, 5) is 10.5. The Morgan fingerprint density at radius 2 is 2.36 bits per heavy atom. The van der Waals surface area contributed by atoms with Gasteiger partial charge in [-0.3, -0.25) is 0 Å². The first-order chi connectivity index (χ1) is 6.67. The first-order valence-electron chi connectivity index (χ1n) is 4.31. The van der Waals surface area contributed by atoms with E-state index < -0.39 is 0 Å². The summed E-state index contributed by atoms with van der Waals surface area (Å²) in [6.45, 7) is 1.87. The minimum atomic E-state index is 0.0230. The maximum Gasteiger partial charge on any atom is 0.123 e. The zero-order valence-electron chi connectivity index (χ0n) is 7.83. The van der Waals surface area contributed by atoms with Gasteiger partial charge in [-0.05, 0) is 40.0 Å². The van der Waals surface area contributed by atoms with Gasteiger partial charge < -0.3 is 4.79 Å². The molecule has 0 radical (unpaired) electrons. The summed E-state index contributed by atoms with van der Waals surface area (Å²) >= 11 is 3.31. The molecule has 0 heterocycles. The predicted octanol–water partition coefficient (Wildman–Crippen LogP) is 2.70. The molecular weight excluding hydrogens is 242 g/mol. The van der Waals surface area contributed by atoms with Crippen LogP contribution in [0.25, 0.3) is 0 Å². The average Bonchev–Trinajstić information content (AvgIpc) is 2.18. The van der Waals surface area contributed by atoms with E-state index in [1.54, 1.807) is 6.07 Å². The molecule has 1 unspecified atom stereocenters. The van der Waals surface area contributed by atoms with Gasteiger partial charge in [0.2, 0.25) is 0 Å². The van der Waals surface area contributed by atoms with Crippen molar-refractivity contribution in [3.63, 3.8) is 0 Å². The van der Waals surface area contributed by atoms with Gasteiger partial charge in [0.15, 0.2) is 0 Å². The first-order valence-corrected chi connectivity index (χ1v) is 5.10. The van der Waals surface area contributed by atoms with Crippen LogP contribution in [0.1, 0.15) is 18.1 Å². The van der Waals surface area contributed by atoms with Crippen molar-refractivity contribution in [2.24, 2.45) is 5.92 Å². The van der Waals surface area contributed by atoms with Crippen LogP contribution in [0, 0.1) is 17.2 Å². The van der Waals surface area contributed by atoms with Crippen LogP contribution < -0.4 is 0 Å².